The Morgan fingerprint density at radius 2 is 2.17 bits per heavy atom. The number of nitrogens with one attached hydrogen (secondary N) is 1. The number of hydrogen-bond acceptors (Lipinski definition) is 5. The Balaban J connectivity index is 1.57. The van der Waals surface area contributed by atoms with E-state index in [9.17, 15) is 13.2 Å². The molecule has 1 aromatic rings. The van der Waals surface area contributed by atoms with Gasteiger partial charge in [-0.25, -0.2) is 8.42 Å². The van der Waals surface area contributed by atoms with E-state index >= 15 is 0 Å². The number of hydrogen-bond donors (Lipinski definition) is 2. The molecule has 1 saturated heterocycles. The van der Waals surface area contributed by atoms with Crippen LogP contribution in [-0.2, 0) is 14.8 Å². The molecule has 2 heterocycles. The fourth-order valence-corrected chi connectivity index (χ4v) is 4.48. The zero-order valence-electron chi connectivity index (χ0n) is 13.4. The first kappa shape index (κ1) is 16.9. The average molecular weight is 350 g/mol. The number of nitrogens with two attached hydrogens (primary N) is 1. The first-order valence-corrected chi connectivity index (χ1v) is 9.67. The van der Waals surface area contributed by atoms with Crippen LogP contribution in [-0.4, -0.2) is 50.7 Å². The molecular weight excluding hydrogens is 328 g/mol. The summed E-state index contributed by atoms with van der Waals surface area (Å²) in [6.07, 6.45) is 2.97. The molecule has 130 valence electrons. The molecule has 0 radical (unpaired) electrons. The number of amidine groups is 1. The van der Waals surface area contributed by atoms with Crippen molar-refractivity contribution in [1.29, 1.82) is 0 Å². The summed E-state index contributed by atoms with van der Waals surface area (Å²) in [7, 11) is -3.50. The number of benzene rings is 1. The van der Waals surface area contributed by atoms with Crippen molar-refractivity contribution in [3.05, 3.63) is 29.8 Å². The summed E-state index contributed by atoms with van der Waals surface area (Å²) in [5.74, 6) is 0.467. The number of aliphatic imine (C=N–C) groups is 1. The molecule has 3 rings (SSSR count). The van der Waals surface area contributed by atoms with E-state index in [1.54, 1.807) is 24.3 Å². The number of sulfonamides is 1. The Bertz CT molecular complexity index is 760. The number of fused-ring (bicyclic) bond motifs is 1. The van der Waals surface area contributed by atoms with Crippen LogP contribution in [0.4, 0.5) is 0 Å². The van der Waals surface area contributed by atoms with Gasteiger partial charge in [0.15, 0.2) is 0 Å². The number of carbonyl (C=O) groups excluding carboxylic acids is 1. The second-order valence-electron chi connectivity index (χ2n) is 6.05. The van der Waals surface area contributed by atoms with Crippen LogP contribution in [0.25, 0.3) is 0 Å². The van der Waals surface area contributed by atoms with Crippen LogP contribution in [0.5, 0.6) is 0 Å². The molecule has 0 bridgehead atoms. The Hall–Kier alpha value is -1.93. The van der Waals surface area contributed by atoms with Gasteiger partial charge in [-0.3, -0.25) is 14.5 Å². The molecule has 1 unspecified atom stereocenters. The molecule has 0 spiro atoms. The minimum atomic E-state index is -3.50. The van der Waals surface area contributed by atoms with E-state index in [4.69, 9.17) is 5.73 Å². The Morgan fingerprint density at radius 1 is 1.38 bits per heavy atom. The van der Waals surface area contributed by atoms with E-state index in [1.807, 2.05) is 4.90 Å². The lowest BCUT2D eigenvalue weighted by Crippen LogP contribution is -2.39. The monoisotopic (exact) mass is 350 g/mol. The molecule has 2 aliphatic rings. The van der Waals surface area contributed by atoms with Crippen LogP contribution in [0, 0.1) is 0 Å². The Labute approximate surface area is 142 Å². The summed E-state index contributed by atoms with van der Waals surface area (Å²) < 4.78 is 26.4. The molecule has 3 N–H and O–H groups in total. The zero-order chi connectivity index (χ0) is 17.2. The Morgan fingerprint density at radius 3 is 2.96 bits per heavy atom. The number of rotatable bonds is 5. The topological polar surface area (TPSA) is 105 Å². The first-order chi connectivity index (χ1) is 11.5. The summed E-state index contributed by atoms with van der Waals surface area (Å²) in [6.45, 7) is 1.69. The molecular formula is C16H22N4O3S. The summed E-state index contributed by atoms with van der Waals surface area (Å²) in [5, 5.41) is 0. The van der Waals surface area contributed by atoms with Gasteiger partial charge in [0.25, 0.3) is 10.0 Å². The maximum absolute atomic E-state index is 12.2. The standard InChI is InChI=1S/C16H22N4O3S/c17-11-12-5-4-10-20(12)15(21)8-3-9-18-16-13-6-1-2-7-14(13)24(22,23)19-16/h1-2,6-7,12H,3-5,8-11,17H2,(H,18,19). The molecule has 8 heteroatoms. The van der Waals surface area contributed by atoms with Gasteiger partial charge < -0.3 is 10.6 Å². The Kier molecular flexibility index (Phi) is 4.86. The smallest absolute Gasteiger partial charge is 0.263 e. The number of carbonyl (C=O) groups is 1. The van der Waals surface area contributed by atoms with Crippen molar-refractivity contribution in [3.63, 3.8) is 0 Å². The summed E-state index contributed by atoms with van der Waals surface area (Å²) in [4.78, 5) is 18.7. The maximum Gasteiger partial charge on any atom is 0.263 e. The van der Waals surface area contributed by atoms with Crippen LogP contribution < -0.4 is 10.5 Å². The van der Waals surface area contributed by atoms with Crippen molar-refractivity contribution in [2.75, 3.05) is 19.6 Å². The maximum atomic E-state index is 12.2. The van der Waals surface area contributed by atoms with Gasteiger partial charge >= 0.3 is 0 Å². The van der Waals surface area contributed by atoms with Gasteiger partial charge in [-0.15, -0.1) is 0 Å². The summed E-state index contributed by atoms with van der Waals surface area (Å²) in [5.41, 5.74) is 6.28. The van der Waals surface area contributed by atoms with Gasteiger partial charge in [0.2, 0.25) is 5.91 Å². The fraction of sp³-hybridized carbons (Fsp3) is 0.500. The number of amides is 1. The van der Waals surface area contributed by atoms with Gasteiger partial charge in [0.05, 0.1) is 4.90 Å². The molecule has 1 aromatic carbocycles. The van der Waals surface area contributed by atoms with Crippen molar-refractivity contribution >= 4 is 21.8 Å². The lowest BCUT2D eigenvalue weighted by molar-refractivity contribution is -0.131. The SMILES string of the molecule is NCC1CCCN1C(=O)CCCN=C1NS(=O)(=O)c2ccccc21. The van der Waals surface area contributed by atoms with E-state index in [0.717, 1.165) is 19.4 Å². The van der Waals surface area contributed by atoms with Crippen LogP contribution >= 0.6 is 0 Å². The third-order valence-corrected chi connectivity index (χ3v) is 5.85. The molecule has 1 atom stereocenters. The largest absolute Gasteiger partial charge is 0.338 e. The molecule has 2 aliphatic heterocycles. The lowest BCUT2D eigenvalue weighted by atomic mass is 10.2. The molecule has 1 fully saturated rings. The quantitative estimate of drug-likeness (QED) is 0.752. The highest BCUT2D eigenvalue weighted by Crippen LogP contribution is 2.22. The predicted octanol–water partition coefficient (Wildman–Crippen LogP) is 0.455. The predicted molar refractivity (Wildman–Crippen MR) is 91.2 cm³/mol. The second kappa shape index (κ2) is 6.90. The highest BCUT2D eigenvalue weighted by atomic mass is 32.2. The van der Waals surface area contributed by atoms with Gasteiger partial charge in [-0.05, 0) is 31.4 Å². The van der Waals surface area contributed by atoms with E-state index in [1.165, 1.54) is 0 Å². The number of nitrogens with zero attached hydrogens (tertiary/aromatic N) is 2. The van der Waals surface area contributed by atoms with Gasteiger partial charge in [0, 0.05) is 37.7 Å². The molecule has 0 aromatic heterocycles. The zero-order valence-corrected chi connectivity index (χ0v) is 14.3. The summed E-state index contributed by atoms with van der Waals surface area (Å²) >= 11 is 0. The second-order valence-corrected chi connectivity index (χ2v) is 7.71. The summed E-state index contributed by atoms with van der Waals surface area (Å²) in [6, 6.07) is 6.92. The molecule has 1 amide bonds. The third-order valence-electron chi connectivity index (χ3n) is 4.45. The molecule has 24 heavy (non-hydrogen) atoms. The third kappa shape index (κ3) is 3.29. The van der Waals surface area contributed by atoms with Crippen LogP contribution in [0.15, 0.2) is 34.2 Å². The molecule has 0 saturated carbocycles. The van der Waals surface area contributed by atoms with Gasteiger partial charge in [0.1, 0.15) is 5.84 Å². The number of likely N-dealkylation sites (tertiary alicyclic amines) is 1. The van der Waals surface area contributed by atoms with E-state index in [-0.39, 0.29) is 16.8 Å². The van der Waals surface area contributed by atoms with E-state index in [2.05, 4.69) is 9.71 Å². The minimum Gasteiger partial charge on any atom is -0.338 e. The molecule has 7 nitrogen and oxygen atoms in total. The first-order valence-electron chi connectivity index (χ1n) is 8.19. The molecule has 0 aliphatic carbocycles. The van der Waals surface area contributed by atoms with Crippen molar-refractivity contribution < 1.29 is 13.2 Å². The van der Waals surface area contributed by atoms with Crippen molar-refractivity contribution in [2.24, 2.45) is 10.7 Å². The highest BCUT2D eigenvalue weighted by molar-refractivity contribution is 7.90. The minimum absolute atomic E-state index is 0.107. The fourth-order valence-electron chi connectivity index (χ4n) is 3.23. The van der Waals surface area contributed by atoms with Crippen molar-refractivity contribution in [3.8, 4) is 0 Å². The van der Waals surface area contributed by atoms with Gasteiger partial charge in [-0.2, -0.15) is 0 Å². The van der Waals surface area contributed by atoms with Crippen molar-refractivity contribution in [2.45, 2.75) is 36.6 Å². The van der Waals surface area contributed by atoms with E-state index in [0.29, 0.717) is 37.3 Å². The van der Waals surface area contributed by atoms with Gasteiger partial charge in [-0.1, -0.05) is 12.1 Å². The van der Waals surface area contributed by atoms with Crippen LogP contribution in [0.3, 0.4) is 0 Å². The average Bonchev–Trinajstić information content (AvgIpc) is 3.15. The highest BCUT2D eigenvalue weighted by Gasteiger charge is 2.30. The van der Waals surface area contributed by atoms with E-state index < -0.39 is 10.0 Å². The van der Waals surface area contributed by atoms with Crippen LogP contribution in [0.1, 0.15) is 31.2 Å². The lowest BCUT2D eigenvalue weighted by Gasteiger charge is -2.23. The normalized spacial score (nSPS) is 23.3. The van der Waals surface area contributed by atoms with Crippen molar-refractivity contribution in [1.82, 2.24) is 9.62 Å². The van der Waals surface area contributed by atoms with Crippen LogP contribution in [0.2, 0.25) is 0 Å².